The summed E-state index contributed by atoms with van der Waals surface area (Å²) in [5, 5.41) is 61.6. The number of nitrogens with two attached hydrogens (primary N) is 1. The number of rotatable bonds is 33. The molecule has 10 atom stereocenters. The van der Waals surface area contributed by atoms with Crippen molar-refractivity contribution in [1.29, 1.82) is 0 Å². The monoisotopic (exact) mass is 1260 g/mol. The molecule has 4 aromatic rings. The number of fused-ring (bicyclic) bond motifs is 1. The lowest BCUT2D eigenvalue weighted by Gasteiger charge is -2.39. The summed E-state index contributed by atoms with van der Waals surface area (Å²) in [6.07, 6.45) is 19.0. The number of hydrogen-bond acceptors (Lipinski definition) is 20. The van der Waals surface area contributed by atoms with Gasteiger partial charge in [0.05, 0.1) is 55.1 Å². The standard InChI is InChI=1S/C62H79N13O16/c1-6-10-49-38(5)48(76)31-50(91-49)44(13-7-11-35(2)29-37(4)30-36(3)16-21-43-12-8-15-53(79)90-43)70-62(88)89-28-26-41-34-75(74-73-41)27-9-14-45(58(82)83)67-51(77)24-22-46(59(84)85)68-52(78)25-23-47(60(86)87)69-56(80)39-17-19-40(20-18-39)64-32-42-33-65-55-54(66-42)57(81)72-61(63)71-55/h6-8,10-11,13,15-21,30,33-34,37-38,43-50,64,76H,9,12,14,22-29,31-32H2,1-5H3,(H,67,77)(H,68,78)(H,69,80)(H,70,88)(H,82,83)(H,84,85)(H,86,87)(H3,63,65,71,72,81)/b10-6+,13-7+,21-16+,35-11+,36-30-/t37-,38+,43-,44-,45+,46+,47+,48-,49+,50+/m1/s1. The minimum atomic E-state index is -1.60. The van der Waals surface area contributed by atoms with Crippen LogP contribution in [-0.2, 0) is 62.5 Å². The number of amides is 4. The normalized spacial score (nSPS) is 19.5. The van der Waals surface area contributed by atoms with Gasteiger partial charge in [0, 0.05) is 68.1 Å². The summed E-state index contributed by atoms with van der Waals surface area (Å²) in [7, 11) is 0. The minimum Gasteiger partial charge on any atom is -0.480 e. The summed E-state index contributed by atoms with van der Waals surface area (Å²) in [4.78, 5) is 127. The van der Waals surface area contributed by atoms with Crippen LogP contribution in [0.5, 0.6) is 0 Å². The van der Waals surface area contributed by atoms with Crippen LogP contribution in [0.25, 0.3) is 11.2 Å². The number of cyclic esters (lactones) is 1. The molecule has 488 valence electrons. The predicted molar refractivity (Wildman–Crippen MR) is 330 cm³/mol. The van der Waals surface area contributed by atoms with Crippen molar-refractivity contribution in [3.05, 3.63) is 136 Å². The number of aliphatic hydroxyl groups excluding tert-OH is 1. The Morgan fingerprint density at radius 3 is 2.25 bits per heavy atom. The lowest BCUT2D eigenvalue weighted by atomic mass is 9.87. The molecular formula is C62H79N13O16. The molecule has 1 aromatic carbocycles. The summed E-state index contributed by atoms with van der Waals surface area (Å²) in [6, 6.07) is 0.722. The lowest BCUT2D eigenvalue weighted by Crippen LogP contribution is -2.51. The number of carboxylic acids is 3. The van der Waals surface area contributed by atoms with E-state index in [4.69, 9.17) is 19.9 Å². The van der Waals surface area contributed by atoms with Gasteiger partial charge in [0.1, 0.15) is 24.2 Å². The Hall–Kier alpha value is -9.90. The SMILES string of the molecule is C/C=C/[C@@H]1O[C@H]([C@@H](/C=C/C=C(\C)C[C@@H](C)/C=C(C)\C=C\[C@H]2CC=CC(=O)O2)NC(=O)OCCc2cn(CCC[C@H](NC(=O)CC[C@H](NC(=O)CC[C@H](NC(=O)c3ccc(NCc4cnc5nc(N)[nH]c(=O)c5n4)cc3)C(=O)O)C(=O)O)C(=O)O)nn2)C[C@@H](O)[C@@H]1C. The van der Waals surface area contributed by atoms with Crippen LogP contribution in [0.2, 0.25) is 0 Å². The van der Waals surface area contributed by atoms with Crippen LogP contribution in [0.3, 0.4) is 0 Å². The highest BCUT2D eigenvalue weighted by Gasteiger charge is 2.37. The van der Waals surface area contributed by atoms with Crippen LogP contribution in [0.15, 0.2) is 113 Å². The van der Waals surface area contributed by atoms with E-state index in [9.17, 15) is 63.6 Å². The van der Waals surface area contributed by atoms with Crippen molar-refractivity contribution in [3.63, 3.8) is 0 Å². The van der Waals surface area contributed by atoms with E-state index in [-0.39, 0.29) is 98.1 Å². The summed E-state index contributed by atoms with van der Waals surface area (Å²) in [6.45, 7) is 10.1. The summed E-state index contributed by atoms with van der Waals surface area (Å²) < 4.78 is 18.7. The van der Waals surface area contributed by atoms with E-state index in [0.717, 1.165) is 17.6 Å². The van der Waals surface area contributed by atoms with Gasteiger partial charge in [-0.05, 0) is 89.1 Å². The van der Waals surface area contributed by atoms with Gasteiger partial charge in [-0.2, -0.15) is 4.98 Å². The number of aromatic amines is 1. The number of anilines is 2. The van der Waals surface area contributed by atoms with Crippen molar-refractivity contribution in [2.75, 3.05) is 17.7 Å². The van der Waals surface area contributed by atoms with Crippen molar-refractivity contribution in [2.24, 2.45) is 11.8 Å². The van der Waals surface area contributed by atoms with Gasteiger partial charge in [-0.1, -0.05) is 78.8 Å². The average Bonchev–Trinajstić information content (AvgIpc) is 1.47. The van der Waals surface area contributed by atoms with Gasteiger partial charge in [-0.25, -0.2) is 33.9 Å². The fraction of sp³-hybridized carbons (Fsp3) is 0.452. The quantitative estimate of drug-likeness (QED) is 0.0181. The second-order valence-corrected chi connectivity index (χ2v) is 22.2. The van der Waals surface area contributed by atoms with Gasteiger partial charge in [-0.3, -0.25) is 28.8 Å². The highest BCUT2D eigenvalue weighted by molar-refractivity contribution is 5.97. The van der Waals surface area contributed by atoms with Crippen LogP contribution >= 0.6 is 0 Å². The zero-order valence-corrected chi connectivity index (χ0v) is 51.2. The number of esters is 1. The third-order valence-corrected chi connectivity index (χ3v) is 14.7. The number of allylic oxidation sites excluding steroid dienone is 7. The molecule has 12 N–H and O–H groups in total. The Bertz CT molecular complexity index is 3470. The largest absolute Gasteiger partial charge is 0.480 e. The van der Waals surface area contributed by atoms with E-state index in [0.29, 0.717) is 23.5 Å². The molecular weight excluding hydrogens is 1180 g/mol. The van der Waals surface area contributed by atoms with Crippen LogP contribution < -0.4 is 37.9 Å². The van der Waals surface area contributed by atoms with E-state index in [1.807, 2.05) is 64.2 Å². The molecule has 2 aliphatic heterocycles. The fourth-order valence-corrected chi connectivity index (χ4v) is 9.88. The number of aryl methyl sites for hydroxylation is 1. The van der Waals surface area contributed by atoms with Crippen molar-refractivity contribution in [3.8, 4) is 0 Å². The smallest absolute Gasteiger partial charge is 0.407 e. The minimum absolute atomic E-state index is 0.00372. The highest BCUT2D eigenvalue weighted by Crippen LogP contribution is 2.29. The van der Waals surface area contributed by atoms with Crippen LogP contribution in [0.1, 0.15) is 114 Å². The predicted octanol–water partition coefficient (Wildman–Crippen LogP) is 4.13. The Morgan fingerprint density at radius 2 is 1.58 bits per heavy atom. The first-order valence-electron chi connectivity index (χ1n) is 29.7. The summed E-state index contributed by atoms with van der Waals surface area (Å²) >= 11 is 0. The molecule has 29 nitrogen and oxygen atoms in total. The van der Waals surface area contributed by atoms with Crippen LogP contribution in [0.4, 0.5) is 16.4 Å². The molecule has 6 rings (SSSR count). The van der Waals surface area contributed by atoms with Gasteiger partial charge < -0.3 is 67.0 Å². The molecule has 0 unspecified atom stereocenters. The summed E-state index contributed by atoms with van der Waals surface area (Å²) in [5.74, 6) is -7.22. The molecule has 2 aliphatic rings. The summed E-state index contributed by atoms with van der Waals surface area (Å²) in [5.41, 5.74) is 8.67. The molecule has 3 aromatic heterocycles. The first kappa shape index (κ1) is 70.2. The highest BCUT2D eigenvalue weighted by atomic mass is 16.6. The molecule has 0 spiro atoms. The van der Waals surface area contributed by atoms with Crippen molar-refractivity contribution in [1.82, 2.24) is 56.2 Å². The number of nitrogens with zero attached hydrogens (tertiary/aromatic N) is 6. The average molecular weight is 1260 g/mol. The number of hydrogen-bond donors (Lipinski definition) is 11. The fourth-order valence-electron chi connectivity index (χ4n) is 9.88. The van der Waals surface area contributed by atoms with Gasteiger partial charge in [0.25, 0.3) is 11.5 Å². The van der Waals surface area contributed by atoms with Gasteiger partial charge in [0.15, 0.2) is 11.2 Å². The number of aromatic nitrogens is 7. The molecule has 0 saturated carbocycles. The van der Waals surface area contributed by atoms with E-state index in [1.165, 1.54) is 29.1 Å². The number of carbonyl (C=O) groups is 8. The number of aliphatic hydroxyl groups is 1. The number of carboxylic acid groups (broad SMARTS) is 3. The molecule has 0 aliphatic carbocycles. The van der Waals surface area contributed by atoms with Gasteiger partial charge >= 0.3 is 30.0 Å². The number of carbonyl (C=O) groups excluding carboxylic acids is 5. The third-order valence-electron chi connectivity index (χ3n) is 14.7. The van der Waals surface area contributed by atoms with Crippen molar-refractivity contribution in [2.45, 2.75) is 160 Å². The zero-order valence-electron chi connectivity index (χ0n) is 51.2. The molecule has 4 amide bonds. The molecule has 0 radical (unpaired) electrons. The second kappa shape index (κ2) is 34.7. The molecule has 29 heteroatoms. The number of H-pyrrole nitrogens is 1. The number of benzene rings is 1. The maximum atomic E-state index is 13.3. The van der Waals surface area contributed by atoms with Gasteiger partial charge in [-0.15, -0.1) is 5.10 Å². The third kappa shape index (κ3) is 23.2. The number of ether oxygens (including phenoxy) is 3. The molecule has 1 saturated heterocycles. The second-order valence-electron chi connectivity index (χ2n) is 22.2. The maximum absolute atomic E-state index is 13.3. The number of aliphatic carboxylic acids is 3. The van der Waals surface area contributed by atoms with Crippen LogP contribution in [-0.4, -0.2) is 158 Å². The van der Waals surface area contributed by atoms with E-state index in [2.05, 4.69) is 69.8 Å². The number of nitrogens with one attached hydrogen (secondary N) is 6. The Kier molecular flexibility index (Phi) is 26.8. The zero-order chi connectivity index (χ0) is 66.1. The van der Waals surface area contributed by atoms with Crippen molar-refractivity contribution < 1.29 is 73.0 Å². The number of alkyl carbamates (subject to hydrolysis) is 1. The van der Waals surface area contributed by atoms with E-state index >= 15 is 0 Å². The molecule has 91 heavy (non-hydrogen) atoms. The first-order chi connectivity index (χ1) is 43.4. The molecule has 1 fully saturated rings. The van der Waals surface area contributed by atoms with E-state index in [1.54, 1.807) is 30.5 Å². The number of nitrogen functional groups attached to an aromatic ring is 1. The van der Waals surface area contributed by atoms with E-state index < -0.39 is 109 Å². The Labute approximate surface area is 523 Å². The molecule has 0 bridgehead atoms. The Morgan fingerprint density at radius 1 is 0.901 bits per heavy atom. The van der Waals surface area contributed by atoms with Crippen LogP contribution in [0, 0.1) is 11.8 Å². The lowest BCUT2D eigenvalue weighted by molar-refractivity contribution is -0.143. The topological polar surface area (TPSA) is 434 Å². The Balaban J connectivity index is 0.903. The van der Waals surface area contributed by atoms with Gasteiger partial charge in [0.2, 0.25) is 17.8 Å². The molecule has 5 heterocycles. The first-order valence-corrected chi connectivity index (χ1v) is 29.7. The maximum Gasteiger partial charge on any atom is 0.407 e. The van der Waals surface area contributed by atoms with Crippen molar-refractivity contribution >= 4 is 70.5 Å².